The van der Waals surface area contributed by atoms with Crippen molar-refractivity contribution in [2.24, 2.45) is 0 Å². The molecule has 0 unspecified atom stereocenters. The highest BCUT2D eigenvalue weighted by atomic mass is 32.1. The Morgan fingerprint density at radius 1 is 1.11 bits per heavy atom. The number of aromatic nitrogens is 1. The third kappa shape index (κ3) is 7.17. The van der Waals surface area contributed by atoms with Crippen molar-refractivity contribution < 1.29 is 4.79 Å². The Labute approximate surface area is 113 Å². The molecular formula is C15H21NOS. The number of rotatable bonds is 9. The molecule has 1 aromatic rings. The second kappa shape index (κ2) is 9.77. The predicted molar refractivity (Wildman–Crippen MR) is 78.8 cm³/mol. The molecule has 18 heavy (non-hydrogen) atoms. The van der Waals surface area contributed by atoms with Crippen LogP contribution in [0.5, 0.6) is 0 Å². The highest BCUT2D eigenvalue weighted by Crippen LogP contribution is 2.10. The minimum absolute atomic E-state index is 0.698. The minimum atomic E-state index is 0.698. The number of aryl methyl sites for hydroxylation is 1. The summed E-state index contributed by atoms with van der Waals surface area (Å²) in [5.41, 5.74) is 1.07. The summed E-state index contributed by atoms with van der Waals surface area (Å²) in [5, 5.41) is 3.19. The number of unbranched alkanes of at least 4 members (excludes halogenated alkanes) is 4. The molecule has 0 amide bonds. The van der Waals surface area contributed by atoms with Gasteiger partial charge in [0.15, 0.2) is 0 Å². The van der Waals surface area contributed by atoms with Crippen LogP contribution in [-0.2, 0) is 4.79 Å². The molecule has 3 heteroatoms. The van der Waals surface area contributed by atoms with Crippen molar-refractivity contribution in [2.75, 3.05) is 0 Å². The van der Waals surface area contributed by atoms with E-state index in [1.807, 2.05) is 6.92 Å². The van der Waals surface area contributed by atoms with E-state index in [2.05, 4.69) is 34.7 Å². The van der Waals surface area contributed by atoms with Crippen LogP contribution in [0.25, 0.3) is 6.08 Å². The van der Waals surface area contributed by atoms with Crippen LogP contribution in [0, 0.1) is 6.92 Å². The Bertz CT molecular complexity index is 393. The van der Waals surface area contributed by atoms with Crippen molar-refractivity contribution in [2.45, 2.75) is 45.4 Å². The third-order valence-corrected chi connectivity index (χ3v) is 3.33. The number of hydrogen-bond donors (Lipinski definition) is 0. The number of hydrogen-bond acceptors (Lipinski definition) is 3. The molecule has 0 aromatic carbocycles. The van der Waals surface area contributed by atoms with Crippen molar-refractivity contribution in [3.63, 3.8) is 0 Å². The summed E-state index contributed by atoms with van der Waals surface area (Å²) in [7, 11) is 0. The Morgan fingerprint density at radius 2 is 1.83 bits per heavy atom. The van der Waals surface area contributed by atoms with Gasteiger partial charge in [-0.1, -0.05) is 18.2 Å². The van der Waals surface area contributed by atoms with Crippen LogP contribution in [0.4, 0.5) is 0 Å². The summed E-state index contributed by atoms with van der Waals surface area (Å²) in [6, 6.07) is 0. The third-order valence-electron chi connectivity index (χ3n) is 2.53. The van der Waals surface area contributed by atoms with Gasteiger partial charge in [0.2, 0.25) is 0 Å². The highest BCUT2D eigenvalue weighted by Gasteiger charge is 1.91. The molecule has 2 nitrogen and oxygen atoms in total. The summed E-state index contributed by atoms with van der Waals surface area (Å²) in [4.78, 5) is 14.5. The van der Waals surface area contributed by atoms with E-state index in [0.29, 0.717) is 6.42 Å². The number of thiazole rings is 1. The molecule has 0 fully saturated rings. The van der Waals surface area contributed by atoms with Gasteiger partial charge in [-0.3, -0.25) is 0 Å². The Kier molecular flexibility index (Phi) is 8.06. The first-order chi connectivity index (χ1) is 8.83. The lowest BCUT2D eigenvalue weighted by Gasteiger charge is -1.91. The van der Waals surface area contributed by atoms with Crippen LogP contribution in [-0.4, -0.2) is 11.3 Å². The maximum Gasteiger partial charge on any atom is 0.119 e. The zero-order valence-corrected chi connectivity index (χ0v) is 11.8. The standard InChI is InChI=1S/C15H21NOS/c1-14-16-15(13-18-14)11-9-7-5-3-2-4-6-8-10-12-17/h2-3,9,11-13H,4-8,10H2,1H3. The van der Waals surface area contributed by atoms with E-state index in [-0.39, 0.29) is 0 Å². The lowest BCUT2D eigenvalue weighted by atomic mass is 10.2. The molecule has 0 aliphatic carbocycles. The smallest absolute Gasteiger partial charge is 0.119 e. The van der Waals surface area contributed by atoms with Gasteiger partial charge < -0.3 is 4.79 Å². The van der Waals surface area contributed by atoms with Crippen molar-refractivity contribution in [3.05, 3.63) is 34.3 Å². The number of allylic oxidation sites excluding steroid dienone is 3. The predicted octanol–water partition coefficient (Wildman–Crippen LogP) is 4.56. The van der Waals surface area contributed by atoms with Gasteiger partial charge in [-0.2, -0.15) is 0 Å². The van der Waals surface area contributed by atoms with Gasteiger partial charge in [-0.15, -0.1) is 11.3 Å². The zero-order valence-electron chi connectivity index (χ0n) is 11.0. The SMILES string of the molecule is Cc1nc(C=CCCC=CCCCCC=O)cs1. The molecule has 0 bridgehead atoms. The van der Waals surface area contributed by atoms with Crippen LogP contribution in [0.3, 0.4) is 0 Å². The van der Waals surface area contributed by atoms with Gasteiger partial charge >= 0.3 is 0 Å². The van der Waals surface area contributed by atoms with Gasteiger partial charge in [-0.05, 0) is 45.1 Å². The van der Waals surface area contributed by atoms with E-state index in [0.717, 1.165) is 49.1 Å². The molecule has 1 heterocycles. The van der Waals surface area contributed by atoms with Gasteiger partial charge in [0.05, 0.1) is 10.7 Å². The second-order valence-corrected chi connectivity index (χ2v) is 5.26. The summed E-state index contributed by atoms with van der Waals surface area (Å²) in [6.07, 6.45) is 15.7. The molecular weight excluding hydrogens is 242 g/mol. The minimum Gasteiger partial charge on any atom is -0.303 e. The molecule has 0 saturated carbocycles. The second-order valence-electron chi connectivity index (χ2n) is 4.19. The molecule has 0 N–H and O–H groups in total. The Hall–Kier alpha value is -1.22. The summed E-state index contributed by atoms with van der Waals surface area (Å²) >= 11 is 1.68. The van der Waals surface area contributed by atoms with Gasteiger partial charge in [0.25, 0.3) is 0 Å². The molecule has 0 aliphatic heterocycles. The van der Waals surface area contributed by atoms with Crippen LogP contribution in [0.1, 0.15) is 49.2 Å². The van der Waals surface area contributed by atoms with Crippen LogP contribution < -0.4 is 0 Å². The molecule has 0 spiro atoms. The van der Waals surface area contributed by atoms with Crippen molar-refractivity contribution in [3.8, 4) is 0 Å². The normalized spacial score (nSPS) is 11.6. The van der Waals surface area contributed by atoms with Crippen molar-refractivity contribution >= 4 is 23.7 Å². The van der Waals surface area contributed by atoms with E-state index >= 15 is 0 Å². The topological polar surface area (TPSA) is 30.0 Å². The molecule has 98 valence electrons. The molecule has 0 saturated heterocycles. The quantitative estimate of drug-likeness (QED) is 0.371. The largest absolute Gasteiger partial charge is 0.303 e. The molecule has 0 radical (unpaired) electrons. The Balaban J connectivity index is 2.02. The number of carbonyl (C=O) groups is 1. The first kappa shape index (κ1) is 14.8. The first-order valence-corrected chi connectivity index (χ1v) is 7.38. The number of carbonyl (C=O) groups excluding carboxylic acids is 1. The van der Waals surface area contributed by atoms with Crippen LogP contribution in [0.2, 0.25) is 0 Å². The average molecular weight is 263 g/mol. The van der Waals surface area contributed by atoms with Crippen molar-refractivity contribution in [1.29, 1.82) is 0 Å². The van der Waals surface area contributed by atoms with E-state index in [1.165, 1.54) is 0 Å². The summed E-state index contributed by atoms with van der Waals surface area (Å²) in [6.45, 7) is 2.02. The monoisotopic (exact) mass is 263 g/mol. The maximum absolute atomic E-state index is 10.1. The van der Waals surface area contributed by atoms with E-state index in [9.17, 15) is 4.79 Å². The molecule has 1 rings (SSSR count). The number of nitrogens with zero attached hydrogens (tertiary/aromatic N) is 1. The lowest BCUT2D eigenvalue weighted by Crippen LogP contribution is -1.76. The summed E-state index contributed by atoms with van der Waals surface area (Å²) < 4.78 is 0. The molecule has 0 aliphatic rings. The maximum atomic E-state index is 10.1. The lowest BCUT2D eigenvalue weighted by molar-refractivity contribution is -0.107. The first-order valence-electron chi connectivity index (χ1n) is 6.50. The number of aldehydes is 1. The summed E-state index contributed by atoms with van der Waals surface area (Å²) in [5.74, 6) is 0. The average Bonchev–Trinajstić information content (AvgIpc) is 2.77. The van der Waals surface area contributed by atoms with E-state index < -0.39 is 0 Å². The van der Waals surface area contributed by atoms with Gasteiger partial charge in [0, 0.05) is 11.8 Å². The zero-order chi connectivity index (χ0) is 13.1. The van der Waals surface area contributed by atoms with Crippen molar-refractivity contribution in [1.82, 2.24) is 4.98 Å². The molecule has 0 atom stereocenters. The van der Waals surface area contributed by atoms with Crippen LogP contribution in [0.15, 0.2) is 23.6 Å². The fraction of sp³-hybridized carbons (Fsp3) is 0.467. The fourth-order valence-electron chi connectivity index (χ4n) is 1.58. The van der Waals surface area contributed by atoms with E-state index in [4.69, 9.17) is 0 Å². The fourth-order valence-corrected chi connectivity index (χ4v) is 2.16. The Morgan fingerprint density at radius 3 is 2.56 bits per heavy atom. The molecule has 1 aromatic heterocycles. The van der Waals surface area contributed by atoms with E-state index in [1.54, 1.807) is 11.3 Å². The van der Waals surface area contributed by atoms with Gasteiger partial charge in [-0.25, -0.2) is 4.98 Å². The van der Waals surface area contributed by atoms with Gasteiger partial charge in [0.1, 0.15) is 6.29 Å². The van der Waals surface area contributed by atoms with Crippen LogP contribution >= 0.6 is 11.3 Å². The highest BCUT2D eigenvalue weighted by molar-refractivity contribution is 7.09.